The van der Waals surface area contributed by atoms with Gasteiger partial charge in [-0.05, 0) is 33.2 Å². The first-order chi connectivity index (χ1) is 7.15. The summed E-state index contributed by atoms with van der Waals surface area (Å²) in [7, 11) is 0. The molecule has 2 heterocycles. The second kappa shape index (κ2) is 3.43. The summed E-state index contributed by atoms with van der Waals surface area (Å²) >= 11 is 3.20. The van der Waals surface area contributed by atoms with Crippen LogP contribution in [0.3, 0.4) is 0 Å². The number of pyridine rings is 1. The molecule has 2 aromatic heterocycles. The zero-order valence-corrected chi connectivity index (χ0v) is 8.80. The van der Waals surface area contributed by atoms with Crippen LogP contribution in [-0.2, 0) is 0 Å². The number of nitrogens with zero attached hydrogens (tertiary/aromatic N) is 3. The molecule has 0 unspecified atom stereocenters. The Morgan fingerprint density at radius 3 is 2.93 bits per heavy atom. The predicted octanol–water partition coefficient (Wildman–Crippen LogP) is 2.19. The van der Waals surface area contributed by atoms with Gasteiger partial charge in [0.25, 0.3) is 0 Å². The summed E-state index contributed by atoms with van der Waals surface area (Å²) in [6.07, 6.45) is 1.52. The van der Waals surface area contributed by atoms with Gasteiger partial charge in [-0.2, -0.15) is 0 Å². The molecule has 1 N–H and O–H groups in total. The number of halogens is 1. The lowest BCUT2D eigenvalue weighted by molar-refractivity contribution is 0.0692. The SMILES string of the molecule is O=Nc1c(C(=O)O)nc2c(Br)cccn12. The highest BCUT2D eigenvalue weighted by molar-refractivity contribution is 9.10. The Bertz CT molecular complexity index is 564. The van der Waals surface area contributed by atoms with Gasteiger partial charge in [-0.1, -0.05) is 0 Å². The molecule has 0 saturated heterocycles. The van der Waals surface area contributed by atoms with E-state index >= 15 is 0 Å². The fourth-order valence-corrected chi connectivity index (χ4v) is 1.68. The molecule has 0 aliphatic carbocycles. The molecule has 0 spiro atoms. The lowest BCUT2D eigenvalue weighted by Gasteiger charge is -1.94. The number of hydrogen-bond donors (Lipinski definition) is 1. The van der Waals surface area contributed by atoms with Crippen LogP contribution in [0.4, 0.5) is 5.82 Å². The predicted molar refractivity (Wildman–Crippen MR) is 55.3 cm³/mol. The van der Waals surface area contributed by atoms with E-state index in [4.69, 9.17) is 5.11 Å². The Kier molecular flexibility index (Phi) is 2.24. The lowest BCUT2D eigenvalue weighted by atomic mass is 10.4. The molecule has 0 aliphatic heterocycles. The third kappa shape index (κ3) is 1.40. The highest BCUT2D eigenvalue weighted by Gasteiger charge is 2.19. The molecule has 6 nitrogen and oxygen atoms in total. The van der Waals surface area contributed by atoms with Gasteiger partial charge in [0.05, 0.1) is 4.47 Å². The Morgan fingerprint density at radius 2 is 2.33 bits per heavy atom. The molecule has 2 rings (SSSR count). The van der Waals surface area contributed by atoms with E-state index in [0.717, 1.165) is 0 Å². The highest BCUT2D eigenvalue weighted by atomic mass is 79.9. The Labute approximate surface area is 91.7 Å². The maximum Gasteiger partial charge on any atom is 0.358 e. The van der Waals surface area contributed by atoms with Gasteiger partial charge >= 0.3 is 5.97 Å². The van der Waals surface area contributed by atoms with Crippen molar-refractivity contribution < 1.29 is 9.90 Å². The fraction of sp³-hybridized carbons (Fsp3) is 0. The first-order valence-electron chi connectivity index (χ1n) is 3.88. The van der Waals surface area contributed by atoms with Crippen molar-refractivity contribution in [3.63, 3.8) is 0 Å². The van der Waals surface area contributed by atoms with Crippen molar-refractivity contribution >= 4 is 33.4 Å². The Morgan fingerprint density at radius 1 is 1.60 bits per heavy atom. The standard InChI is InChI=1S/C8H4BrN3O3/c9-4-2-1-3-12-6(4)10-5(8(13)14)7(12)11-15/h1-3H,(H,13,14). The van der Waals surface area contributed by atoms with Crippen LogP contribution < -0.4 is 0 Å². The van der Waals surface area contributed by atoms with Crippen molar-refractivity contribution in [1.82, 2.24) is 9.38 Å². The van der Waals surface area contributed by atoms with Crippen molar-refractivity contribution in [3.8, 4) is 0 Å². The van der Waals surface area contributed by atoms with Gasteiger partial charge in [-0.25, -0.2) is 9.78 Å². The van der Waals surface area contributed by atoms with E-state index in [9.17, 15) is 9.70 Å². The maximum atomic E-state index is 10.8. The topological polar surface area (TPSA) is 84.0 Å². The molecule has 0 saturated carbocycles. The number of nitroso groups, excluding NO2 is 1. The van der Waals surface area contributed by atoms with E-state index in [1.807, 2.05) is 0 Å². The monoisotopic (exact) mass is 269 g/mol. The molecule has 0 bridgehead atoms. The fourth-order valence-electron chi connectivity index (χ4n) is 1.25. The smallest absolute Gasteiger partial charge is 0.358 e. The van der Waals surface area contributed by atoms with Crippen LogP contribution in [0, 0.1) is 4.91 Å². The third-order valence-corrected chi connectivity index (χ3v) is 2.49. The third-order valence-electron chi connectivity index (χ3n) is 1.87. The highest BCUT2D eigenvalue weighted by Crippen LogP contribution is 2.25. The van der Waals surface area contributed by atoms with Crippen molar-refractivity contribution in [1.29, 1.82) is 0 Å². The van der Waals surface area contributed by atoms with Crippen LogP contribution in [0.25, 0.3) is 5.65 Å². The second-order valence-electron chi connectivity index (χ2n) is 2.73. The largest absolute Gasteiger partial charge is 0.476 e. The van der Waals surface area contributed by atoms with Gasteiger partial charge in [0, 0.05) is 6.20 Å². The van der Waals surface area contributed by atoms with E-state index in [1.54, 1.807) is 12.1 Å². The summed E-state index contributed by atoms with van der Waals surface area (Å²) in [4.78, 5) is 25.1. The van der Waals surface area contributed by atoms with Gasteiger partial charge in [-0.15, -0.1) is 4.91 Å². The minimum absolute atomic E-state index is 0.209. The normalized spacial score (nSPS) is 10.5. The average Bonchev–Trinajstić information content (AvgIpc) is 2.57. The van der Waals surface area contributed by atoms with E-state index in [0.29, 0.717) is 10.1 Å². The Hall–Kier alpha value is -1.76. The molecule has 2 aromatic rings. The van der Waals surface area contributed by atoms with Crippen LogP contribution in [0.5, 0.6) is 0 Å². The minimum Gasteiger partial charge on any atom is -0.476 e. The number of imidazole rings is 1. The summed E-state index contributed by atoms with van der Waals surface area (Å²) in [5.41, 5.74) is 0.00130. The Balaban J connectivity index is 2.90. The number of aromatic carboxylic acids is 1. The van der Waals surface area contributed by atoms with Crippen LogP contribution in [-0.4, -0.2) is 20.5 Å². The molecule has 15 heavy (non-hydrogen) atoms. The zero-order valence-electron chi connectivity index (χ0n) is 7.22. The van der Waals surface area contributed by atoms with E-state index in [2.05, 4.69) is 26.1 Å². The van der Waals surface area contributed by atoms with Crippen LogP contribution in [0.15, 0.2) is 28.0 Å². The van der Waals surface area contributed by atoms with Crippen molar-refractivity contribution in [2.24, 2.45) is 5.18 Å². The number of carboxylic acids is 1. The molecule has 0 atom stereocenters. The molecule has 0 amide bonds. The molecular weight excluding hydrogens is 266 g/mol. The van der Waals surface area contributed by atoms with Crippen molar-refractivity contribution in [3.05, 3.63) is 33.4 Å². The first kappa shape index (κ1) is 9.78. The summed E-state index contributed by atoms with van der Waals surface area (Å²) in [6, 6.07) is 3.35. The summed E-state index contributed by atoms with van der Waals surface area (Å²) in [5, 5.41) is 11.5. The minimum atomic E-state index is -1.28. The molecular formula is C8H4BrN3O3. The number of carbonyl (C=O) groups is 1. The number of carboxylic acid groups (broad SMARTS) is 1. The number of hydrogen-bond acceptors (Lipinski definition) is 4. The maximum absolute atomic E-state index is 10.8. The van der Waals surface area contributed by atoms with Crippen LogP contribution in [0.1, 0.15) is 10.5 Å². The van der Waals surface area contributed by atoms with Crippen LogP contribution >= 0.6 is 15.9 Å². The molecule has 0 aromatic carbocycles. The lowest BCUT2D eigenvalue weighted by Crippen LogP contribution is -1.96. The van der Waals surface area contributed by atoms with Gasteiger partial charge in [0.1, 0.15) is 0 Å². The molecule has 0 radical (unpaired) electrons. The molecule has 0 aliphatic rings. The summed E-state index contributed by atoms with van der Waals surface area (Å²) < 4.78 is 1.92. The van der Waals surface area contributed by atoms with Crippen molar-refractivity contribution in [2.75, 3.05) is 0 Å². The van der Waals surface area contributed by atoms with Gasteiger partial charge in [0.15, 0.2) is 11.3 Å². The summed E-state index contributed by atoms with van der Waals surface area (Å²) in [6.45, 7) is 0. The van der Waals surface area contributed by atoms with Gasteiger partial charge < -0.3 is 5.11 Å². The van der Waals surface area contributed by atoms with Crippen LogP contribution in [0.2, 0.25) is 0 Å². The van der Waals surface area contributed by atoms with E-state index < -0.39 is 5.97 Å². The number of rotatable bonds is 2. The quantitative estimate of drug-likeness (QED) is 0.847. The van der Waals surface area contributed by atoms with E-state index in [-0.39, 0.29) is 11.5 Å². The number of fused-ring (bicyclic) bond motifs is 1. The zero-order chi connectivity index (χ0) is 11.0. The van der Waals surface area contributed by atoms with Gasteiger partial charge in [-0.3, -0.25) is 4.40 Å². The molecule has 76 valence electrons. The summed E-state index contributed by atoms with van der Waals surface area (Å²) in [5.74, 6) is -1.49. The molecule has 0 fully saturated rings. The second-order valence-corrected chi connectivity index (χ2v) is 3.58. The van der Waals surface area contributed by atoms with E-state index in [1.165, 1.54) is 10.6 Å². The number of aromatic nitrogens is 2. The average molecular weight is 270 g/mol. The van der Waals surface area contributed by atoms with Gasteiger partial charge in [0.2, 0.25) is 5.82 Å². The first-order valence-corrected chi connectivity index (χ1v) is 4.67. The van der Waals surface area contributed by atoms with Crippen molar-refractivity contribution in [2.45, 2.75) is 0 Å². The molecule has 7 heteroatoms.